The highest BCUT2D eigenvalue weighted by Gasteiger charge is 2.22. The maximum absolute atomic E-state index is 5.11. The fraction of sp³-hybridized carbons (Fsp3) is 0.0571. The van der Waals surface area contributed by atoms with Crippen molar-refractivity contribution in [2.24, 2.45) is 14.1 Å². The van der Waals surface area contributed by atoms with Crippen molar-refractivity contribution in [2.45, 2.75) is 0 Å². The van der Waals surface area contributed by atoms with Crippen molar-refractivity contribution in [3.63, 3.8) is 0 Å². The molecule has 0 amide bonds. The van der Waals surface area contributed by atoms with Gasteiger partial charge in [0.05, 0.1) is 27.8 Å². The van der Waals surface area contributed by atoms with Crippen LogP contribution in [-0.4, -0.2) is 28.7 Å². The van der Waals surface area contributed by atoms with Gasteiger partial charge in [0.15, 0.2) is 0 Å². The third kappa shape index (κ3) is 3.61. The molecule has 4 aromatic carbocycles. The third-order valence-electron chi connectivity index (χ3n) is 7.97. The van der Waals surface area contributed by atoms with Gasteiger partial charge in [0.25, 0.3) is 0 Å². The number of imidazole rings is 2. The minimum Gasteiger partial charge on any atom is -0.334 e. The van der Waals surface area contributed by atoms with E-state index in [1.54, 1.807) is 0 Å². The van der Waals surface area contributed by atoms with Crippen molar-refractivity contribution in [3.8, 4) is 39.7 Å². The van der Waals surface area contributed by atoms with E-state index >= 15 is 0 Å². The number of hydrogen-bond acceptors (Lipinski definition) is 3. The van der Waals surface area contributed by atoms with Gasteiger partial charge in [-0.3, -0.25) is 4.98 Å². The van der Waals surface area contributed by atoms with E-state index in [9.17, 15) is 0 Å². The van der Waals surface area contributed by atoms with Crippen LogP contribution < -0.4 is 0 Å². The smallest absolute Gasteiger partial charge is 0.141 e. The minimum absolute atomic E-state index is 0.905. The summed E-state index contributed by atoms with van der Waals surface area (Å²) in [5, 5.41) is 2.36. The van der Waals surface area contributed by atoms with Gasteiger partial charge < -0.3 is 13.7 Å². The van der Waals surface area contributed by atoms with Crippen molar-refractivity contribution < 1.29 is 0 Å². The van der Waals surface area contributed by atoms with Crippen LogP contribution in [0.25, 0.3) is 72.6 Å². The van der Waals surface area contributed by atoms with Gasteiger partial charge >= 0.3 is 0 Å². The highest BCUT2D eigenvalue weighted by molar-refractivity contribution is 6.12. The number of aromatic nitrogens is 6. The molecule has 0 aliphatic carbocycles. The molecule has 0 unspecified atom stereocenters. The Bertz CT molecular complexity index is 2230. The average molecular weight is 531 g/mol. The first-order valence-corrected chi connectivity index (χ1v) is 13.7. The average Bonchev–Trinajstić information content (AvgIpc) is 3.70. The molecule has 0 aliphatic rings. The molecule has 0 spiro atoms. The number of benzene rings is 4. The number of rotatable bonds is 4. The Kier molecular flexibility index (Phi) is 5.15. The third-order valence-corrected chi connectivity index (χ3v) is 7.97. The van der Waals surface area contributed by atoms with E-state index in [1.165, 1.54) is 10.8 Å². The second-order valence-electron chi connectivity index (χ2n) is 10.4. The number of fused-ring (bicyclic) bond motifs is 4. The molecule has 196 valence electrons. The number of nitrogens with zero attached hydrogens (tertiary/aromatic N) is 6. The molecule has 6 heteroatoms. The first-order valence-electron chi connectivity index (χ1n) is 13.7. The highest BCUT2D eigenvalue weighted by atomic mass is 15.1. The first-order chi connectivity index (χ1) is 20.2. The van der Waals surface area contributed by atoms with Crippen LogP contribution in [0.3, 0.4) is 0 Å². The molecule has 0 saturated heterocycles. The number of pyridine rings is 1. The molecule has 41 heavy (non-hydrogen) atoms. The van der Waals surface area contributed by atoms with E-state index in [-0.39, 0.29) is 0 Å². The Morgan fingerprint density at radius 3 is 2.20 bits per heavy atom. The maximum Gasteiger partial charge on any atom is 0.141 e. The molecule has 4 heterocycles. The van der Waals surface area contributed by atoms with Crippen molar-refractivity contribution in [2.75, 3.05) is 0 Å². The summed E-state index contributed by atoms with van der Waals surface area (Å²) in [4.78, 5) is 14.5. The van der Waals surface area contributed by atoms with Crippen LogP contribution in [0.4, 0.5) is 0 Å². The van der Waals surface area contributed by atoms with E-state index in [4.69, 9.17) is 9.97 Å². The lowest BCUT2D eigenvalue weighted by molar-refractivity contribution is 0.922. The fourth-order valence-corrected chi connectivity index (χ4v) is 6.01. The summed E-state index contributed by atoms with van der Waals surface area (Å²) in [6.45, 7) is 0. The quantitative estimate of drug-likeness (QED) is 0.233. The molecule has 6 nitrogen and oxygen atoms in total. The van der Waals surface area contributed by atoms with Gasteiger partial charge in [0.2, 0.25) is 0 Å². The van der Waals surface area contributed by atoms with Crippen LogP contribution in [0, 0.1) is 0 Å². The molecule has 0 aliphatic heterocycles. The summed E-state index contributed by atoms with van der Waals surface area (Å²) < 4.78 is 6.60. The molecular weight excluding hydrogens is 504 g/mol. The second-order valence-corrected chi connectivity index (χ2v) is 10.4. The predicted molar refractivity (Wildman–Crippen MR) is 166 cm³/mol. The summed E-state index contributed by atoms with van der Waals surface area (Å²) >= 11 is 0. The highest BCUT2D eigenvalue weighted by Crippen LogP contribution is 2.40. The lowest BCUT2D eigenvalue weighted by Crippen LogP contribution is -2.00. The largest absolute Gasteiger partial charge is 0.334 e. The van der Waals surface area contributed by atoms with Crippen molar-refractivity contribution in [1.29, 1.82) is 0 Å². The zero-order valence-electron chi connectivity index (χ0n) is 22.7. The standard InChI is InChI=1S/C35H26N6/c1-39-19-18-37-34(39)27-21-26-25-12-3-5-15-31(25)41(24-11-9-10-23(20-24)29-13-7-8-17-36-29)33(26)22-28(27)35-38-30-14-4-6-16-32(30)40(35)2/h3-22H,1-2H3. The number of para-hydroxylation sites is 3. The molecule has 8 rings (SSSR count). The molecular formula is C35H26N6. The summed E-state index contributed by atoms with van der Waals surface area (Å²) in [7, 11) is 4.13. The summed E-state index contributed by atoms with van der Waals surface area (Å²) in [6, 6.07) is 36.1. The Morgan fingerprint density at radius 2 is 1.39 bits per heavy atom. The Morgan fingerprint density at radius 1 is 0.585 bits per heavy atom. The Hall–Kier alpha value is -5.49. The van der Waals surface area contributed by atoms with Crippen molar-refractivity contribution >= 4 is 32.8 Å². The van der Waals surface area contributed by atoms with Gasteiger partial charge in [-0.2, -0.15) is 0 Å². The van der Waals surface area contributed by atoms with Crippen LogP contribution in [0.2, 0.25) is 0 Å². The maximum atomic E-state index is 5.11. The SMILES string of the molecule is Cn1ccnc1-c1cc2c3ccccc3n(-c3cccc(-c4ccccn4)c3)c2cc1-c1nc2ccccc2n1C. The molecule has 4 aromatic heterocycles. The van der Waals surface area contributed by atoms with Crippen molar-refractivity contribution in [3.05, 3.63) is 122 Å². The van der Waals surface area contributed by atoms with Gasteiger partial charge in [0.1, 0.15) is 11.6 Å². The lowest BCUT2D eigenvalue weighted by atomic mass is 10.0. The van der Waals surface area contributed by atoms with Gasteiger partial charge in [-0.1, -0.05) is 48.5 Å². The summed E-state index contributed by atoms with van der Waals surface area (Å²) in [5.74, 6) is 1.81. The Labute approximate surface area is 236 Å². The van der Waals surface area contributed by atoms with E-state index < -0.39 is 0 Å². The number of aryl methyl sites for hydroxylation is 2. The van der Waals surface area contributed by atoms with Crippen LogP contribution in [0.15, 0.2) is 122 Å². The first kappa shape index (κ1) is 23.4. The van der Waals surface area contributed by atoms with E-state index in [1.807, 2.05) is 49.9 Å². The van der Waals surface area contributed by atoms with E-state index in [2.05, 4.69) is 105 Å². The molecule has 0 bridgehead atoms. The van der Waals surface area contributed by atoms with Crippen molar-refractivity contribution in [1.82, 2.24) is 28.7 Å². The van der Waals surface area contributed by atoms with Gasteiger partial charge in [-0.05, 0) is 54.6 Å². The van der Waals surface area contributed by atoms with Crippen LogP contribution in [0.5, 0.6) is 0 Å². The Balaban J connectivity index is 1.47. The van der Waals surface area contributed by atoms with Crippen LogP contribution in [0.1, 0.15) is 0 Å². The van der Waals surface area contributed by atoms with Gasteiger partial charge in [-0.15, -0.1) is 0 Å². The molecule has 0 N–H and O–H groups in total. The monoisotopic (exact) mass is 530 g/mol. The summed E-state index contributed by atoms with van der Waals surface area (Å²) in [5.41, 5.74) is 9.53. The number of hydrogen-bond donors (Lipinski definition) is 0. The predicted octanol–water partition coefficient (Wildman–Crippen LogP) is 7.80. The van der Waals surface area contributed by atoms with E-state index in [0.717, 1.165) is 61.8 Å². The van der Waals surface area contributed by atoms with Gasteiger partial charge in [0, 0.05) is 65.8 Å². The van der Waals surface area contributed by atoms with Crippen LogP contribution >= 0.6 is 0 Å². The molecule has 8 aromatic rings. The normalized spacial score (nSPS) is 11.7. The zero-order chi connectivity index (χ0) is 27.5. The molecule has 0 atom stereocenters. The lowest BCUT2D eigenvalue weighted by Gasteiger charge is -2.14. The second kappa shape index (κ2) is 9.03. The zero-order valence-corrected chi connectivity index (χ0v) is 22.7. The summed E-state index contributed by atoms with van der Waals surface area (Å²) in [6.07, 6.45) is 5.68. The molecule has 0 fully saturated rings. The minimum atomic E-state index is 0.905. The molecule has 0 saturated carbocycles. The topological polar surface area (TPSA) is 53.5 Å². The van der Waals surface area contributed by atoms with Gasteiger partial charge in [-0.25, -0.2) is 9.97 Å². The fourth-order valence-electron chi connectivity index (χ4n) is 6.01. The molecule has 0 radical (unpaired) electrons. The van der Waals surface area contributed by atoms with E-state index in [0.29, 0.717) is 0 Å². The van der Waals surface area contributed by atoms with Crippen LogP contribution in [-0.2, 0) is 14.1 Å².